The molecule has 9 heteroatoms. The quantitative estimate of drug-likeness (QED) is 0.808. The molecule has 0 radical (unpaired) electrons. The number of benzene rings is 1. The normalized spacial score (nSPS) is 28.2. The third-order valence-corrected chi connectivity index (χ3v) is 6.34. The van der Waals surface area contributed by atoms with Gasteiger partial charge in [-0.25, -0.2) is 8.42 Å². The molecular formula is C16H20N4O4S. The van der Waals surface area contributed by atoms with Crippen molar-refractivity contribution in [2.75, 3.05) is 5.75 Å². The minimum Gasteiger partial charge on any atom is -0.345 e. The van der Waals surface area contributed by atoms with Crippen LogP contribution in [0.1, 0.15) is 26.7 Å². The number of para-hydroxylation sites is 1. The molecule has 2 heterocycles. The zero-order valence-electron chi connectivity index (χ0n) is 14.1. The fourth-order valence-corrected chi connectivity index (χ4v) is 5.30. The van der Waals surface area contributed by atoms with Crippen LogP contribution >= 0.6 is 0 Å². The molecule has 1 saturated heterocycles. The van der Waals surface area contributed by atoms with E-state index < -0.39 is 15.6 Å². The minimum atomic E-state index is -3.66. The van der Waals surface area contributed by atoms with Crippen molar-refractivity contribution in [3.8, 4) is 5.69 Å². The van der Waals surface area contributed by atoms with Crippen LogP contribution in [0.5, 0.6) is 0 Å². The Bertz CT molecular complexity index is 865. The second-order valence-corrected chi connectivity index (χ2v) is 8.89. The van der Waals surface area contributed by atoms with Crippen molar-refractivity contribution in [2.45, 2.75) is 49.8 Å². The molecule has 25 heavy (non-hydrogen) atoms. The second-order valence-electron chi connectivity index (χ2n) is 6.97. The molecule has 0 bridgehead atoms. The van der Waals surface area contributed by atoms with Gasteiger partial charge in [0.15, 0.2) is 5.79 Å². The Kier molecular flexibility index (Phi) is 3.89. The maximum atomic E-state index is 12.9. The molecule has 0 spiro atoms. The maximum absolute atomic E-state index is 12.9. The molecule has 1 saturated carbocycles. The van der Waals surface area contributed by atoms with E-state index in [0.29, 0.717) is 5.69 Å². The van der Waals surface area contributed by atoms with Crippen LogP contribution < -0.4 is 0 Å². The van der Waals surface area contributed by atoms with Crippen molar-refractivity contribution in [3.05, 3.63) is 30.3 Å². The Hall–Kier alpha value is -1.84. The first-order chi connectivity index (χ1) is 11.9. The van der Waals surface area contributed by atoms with Gasteiger partial charge in [-0.05, 0) is 49.2 Å². The summed E-state index contributed by atoms with van der Waals surface area (Å²) < 4.78 is 38.9. The summed E-state index contributed by atoms with van der Waals surface area (Å²) in [6.07, 6.45) is 1.31. The number of ether oxygens (including phenoxy) is 2. The molecule has 2 aromatic rings. The molecule has 3 atom stereocenters. The van der Waals surface area contributed by atoms with E-state index in [9.17, 15) is 8.42 Å². The zero-order valence-corrected chi connectivity index (χ0v) is 14.9. The van der Waals surface area contributed by atoms with E-state index in [0.717, 1.165) is 12.8 Å². The summed E-state index contributed by atoms with van der Waals surface area (Å²) in [5.74, 6) is -0.845. The van der Waals surface area contributed by atoms with Gasteiger partial charge in [-0.15, -0.1) is 0 Å². The van der Waals surface area contributed by atoms with Gasteiger partial charge in [0.1, 0.15) is 0 Å². The number of hydrogen-bond acceptors (Lipinski definition) is 7. The summed E-state index contributed by atoms with van der Waals surface area (Å²) >= 11 is 0. The lowest BCUT2D eigenvalue weighted by atomic mass is 10.1. The minimum absolute atomic E-state index is 0.0414. The number of nitrogens with zero attached hydrogens (tertiary/aromatic N) is 4. The summed E-state index contributed by atoms with van der Waals surface area (Å²) in [5.41, 5.74) is 0.608. The SMILES string of the molecule is CC1(C)O[C@H]2[C@H](CS(=O)(=O)c3nnnn3-c3ccccc3)CC[C@H]2O1. The van der Waals surface area contributed by atoms with E-state index in [4.69, 9.17) is 9.47 Å². The van der Waals surface area contributed by atoms with Crippen LogP contribution in [0.2, 0.25) is 0 Å². The van der Waals surface area contributed by atoms with Gasteiger partial charge in [0.05, 0.1) is 23.6 Å². The van der Waals surface area contributed by atoms with Crippen LogP contribution in [-0.2, 0) is 19.3 Å². The topological polar surface area (TPSA) is 96.2 Å². The number of hydrogen-bond donors (Lipinski definition) is 0. The summed E-state index contributed by atoms with van der Waals surface area (Å²) in [6, 6.07) is 8.98. The molecule has 2 fully saturated rings. The predicted octanol–water partition coefficient (Wildman–Crippen LogP) is 1.37. The zero-order chi connectivity index (χ0) is 17.7. The van der Waals surface area contributed by atoms with E-state index in [2.05, 4.69) is 15.5 Å². The van der Waals surface area contributed by atoms with E-state index in [1.54, 1.807) is 24.3 Å². The molecule has 0 amide bonds. The highest BCUT2D eigenvalue weighted by Crippen LogP contribution is 2.42. The molecule has 0 N–H and O–H groups in total. The van der Waals surface area contributed by atoms with Crippen LogP contribution in [0.3, 0.4) is 0 Å². The Labute approximate surface area is 146 Å². The average molecular weight is 364 g/mol. The van der Waals surface area contributed by atoms with E-state index in [-0.39, 0.29) is 29.0 Å². The van der Waals surface area contributed by atoms with Crippen LogP contribution in [0, 0.1) is 5.92 Å². The standard InChI is InChI=1S/C16H20N4O4S/c1-16(2)23-13-9-8-11(14(13)24-16)10-25(21,22)15-17-18-19-20(15)12-6-4-3-5-7-12/h3-7,11,13-14H,8-10H2,1-2H3/t11-,13+,14-/m0/s1. The van der Waals surface area contributed by atoms with Gasteiger partial charge in [-0.2, -0.15) is 4.68 Å². The van der Waals surface area contributed by atoms with Crippen LogP contribution in [0.4, 0.5) is 0 Å². The number of tetrazole rings is 1. The first kappa shape index (κ1) is 16.6. The highest BCUT2D eigenvalue weighted by atomic mass is 32.2. The van der Waals surface area contributed by atoms with Crippen molar-refractivity contribution in [1.29, 1.82) is 0 Å². The number of rotatable bonds is 4. The van der Waals surface area contributed by atoms with Crippen molar-refractivity contribution in [2.24, 2.45) is 5.92 Å². The van der Waals surface area contributed by atoms with E-state index in [1.807, 2.05) is 19.9 Å². The molecule has 1 aliphatic carbocycles. The maximum Gasteiger partial charge on any atom is 0.272 e. The molecule has 134 valence electrons. The monoisotopic (exact) mass is 364 g/mol. The van der Waals surface area contributed by atoms with Crippen molar-refractivity contribution in [1.82, 2.24) is 20.2 Å². The highest BCUT2D eigenvalue weighted by Gasteiger charge is 2.50. The smallest absolute Gasteiger partial charge is 0.272 e. The van der Waals surface area contributed by atoms with Crippen LogP contribution in [-0.4, -0.2) is 52.4 Å². The van der Waals surface area contributed by atoms with Gasteiger partial charge in [0.2, 0.25) is 9.84 Å². The molecule has 1 aromatic carbocycles. The summed E-state index contributed by atoms with van der Waals surface area (Å²) in [7, 11) is -3.66. The third kappa shape index (κ3) is 3.07. The lowest BCUT2D eigenvalue weighted by Gasteiger charge is -2.21. The molecule has 8 nitrogen and oxygen atoms in total. The Morgan fingerprint density at radius 2 is 1.96 bits per heavy atom. The van der Waals surface area contributed by atoms with Gasteiger partial charge >= 0.3 is 0 Å². The summed E-state index contributed by atoms with van der Waals surface area (Å²) in [4.78, 5) is 0. The van der Waals surface area contributed by atoms with Gasteiger partial charge in [0.25, 0.3) is 5.16 Å². The van der Waals surface area contributed by atoms with Gasteiger partial charge in [0, 0.05) is 5.92 Å². The van der Waals surface area contributed by atoms with Crippen LogP contribution in [0.25, 0.3) is 5.69 Å². The lowest BCUT2D eigenvalue weighted by molar-refractivity contribution is -0.155. The first-order valence-corrected chi connectivity index (χ1v) is 9.93. The van der Waals surface area contributed by atoms with E-state index >= 15 is 0 Å². The summed E-state index contributed by atoms with van der Waals surface area (Å²) in [5, 5.41) is 11.0. The van der Waals surface area contributed by atoms with Gasteiger partial charge in [-0.3, -0.25) is 0 Å². The van der Waals surface area contributed by atoms with Crippen molar-refractivity contribution >= 4 is 9.84 Å². The molecule has 2 aliphatic rings. The lowest BCUT2D eigenvalue weighted by Crippen LogP contribution is -2.30. The molecule has 1 aromatic heterocycles. The summed E-state index contributed by atoms with van der Waals surface area (Å²) in [6.45, 7) is 3.71. The van der Waals surface area contributed by atoms with Crippen molar-refractivity contribution in [3.63, 3.8) is 0 Å². The number of fused-ring (bicyclic) bond motifs is 1. The van der Waals surface area contributed by atoms with Crippen LogP contribution in [0.15, 0.2) is 35.5 Å². The van der Waals surface area contributed by atoms with Gasteiger partial charge in [-0.1, -0.05) is 23.3 Å². The van der Waals surface area contributed by atoms with Gasteiger partial charge < -0.3 is 9.47 Å². The van der Waals surface area contributed by atoms with E-state index in [1.165, 1.54) is 4.68 Å². The van der Waals surface area contributed by atoms with Crippen molar-refractivity contribution < 1.29 is 17.9 Å². The second kappa shape index (κ2) is 5.86. The number of sulfone groups is 1. The Morgan fingerprint density at radius 1 is 1.20 bits per heavy atom. The third-order valence-electron chi connectivity index (χ3n) is 4.66. The average Bonchev–Trinajstić information content (AvgIpc) is 3.24. The molecule has 0 unspecified atom stereocenters. The Morgan fingerprint density at radius 3 is 2.72 bits per heavy atom. The highest BCUT2D eigenvalue weighted by molar-refractivity contribution is 7.91. The molecule has 4 rings (SSSR count). The molecule has 1 aliphatic heterocycles. The fraction of sp³-hybridized carbons (Fsp3) is 0.562. The first-order valence-electron chi connectivity index (χ1n) is 8.28. The number of aromatic nitrogens is 4. The largest absolute Gasteiger partial charge is 0.345 e. The molecular weight excluding hydrogens is 344 g/mol. The Balaban J connectivity index is 1.59. The fourth-order valence-electron chi connectivity index (χ4n) is 3.67. The predicted molar refractivity (Wildman–Crippen MR) is 87.8 cm³/mol.